The van der Waals surface area contributed by atoms with Crippen molar-refractivity contribution in [2.75, 3.05) is 6.61 Å². The van der Waals surface area contributed by atoms with E-state index in [9.17, 15) is 9.59 Å². The van der Waals surface area contributed by atoms with Gasteiger partial charge in [-0.15, -0.1) is 0 Å². The standard InChI is InChI=1S/C12H14O3/c13-9-5-2-6-10-15-12(14)11-7-3-1-4-8-11/h1,3-4,7-9H,2,5-6,10H2. The van der Waals surface area contributed by atoms with Crippen molar-refractivity contribution in [2.45, 2.75) is 19.3 Å². The summed E-state index contributed by atoms with van der Waals surface area (Å²) < 4.78 is 5.02. The van der Waals surface area contributed by atoms with E-state index in [2.05, 4.69) is 0 Å². The Morgan fingerprint density at radius 2 is 1.93 bits per heavy atom. The quantitative estimate of drug-likeness (QED) is 0.407. The van der Waals surface area contributed by atoms with E-state index in [0.29, 0.717) is 18.6 Å². The van der Waals surface area contributed by atoms with E-state index >= 15 is 0 Å². The van der Waals surface area contributed by atoms with Crippen LogP contribution in [0.15, 0.2) is 30.3 Å². The number of unbranched alkanes of at least 4 members (excludes halogenated alkanes) is 2. The molecule has 0 bridgehead atoms. The van der Waals surface area contributed by atoms with Crippen LogP contribution in [0.1, 0.15) is 29.6 Å². The number of carbonyl (C=O) groups excluding carboxylic acids is 2. The molecule has 1 aromatic carbocycles. The van der Waals surface area contributed by atoms with Crippen molar-refractivity contribution in [3.05, 3.63) is 35.9 Å². The third kappa shape index (κ3) is 4.40. The van der Waals surface area contributed by atoms with Crippen LogP contribution in [-0.2, 0) is 9.53 Å². The molecule has 0 aliphatic carbocycles. The number of ether oxygens (including phenoxy) is 1. The number of benzene rings is 1. The molecule has 0 aliphatic rings. The summed E-state index contributed by atoms with van der Waals surface area (Å²) in [5, 5.41) is 0. The maximum atomic E-state index is 11.4. The first-order valence-corrected chi connectivity index (χ1v) is 5.00. The molecule has 3 nitrogen and oxygen atoms in total. The second-order valence-corrected chi connectivity index (χ2v) is 3.16. The summed E-state index contributed by atoms with van der Waals surface area (Å²) in [5.74, 6) is -0.304. The van der Waals surface area contributed by atoms with Crippen LogP contribution in [0.5, 0.6) is 0 Å². The van der Waals surface area contributed by atoms with E-state index in [-0.39, 0.29) is 5.97 Å². The van der Waals surface area contributed by atoms with Gasteiger partial charge < -0.3 is 9.53 Å². The summed E-state index contributed by atoms with van der Waals surface area (Å²) in [6, 6.07) is 8.87. The Labute approximate surface area is 89.1 Å². The SMILES string of the molecule is O=CCCCCOC(=O)c1ccccc1. The van der Waals surface area contributed by atoms with Crippen molar-refractivity contribution >= 4 is 12.3 Å². The summed E-state index contributed by atoms with van der Waals surface area (Å²) in [4.78, 5) is 21.4. The summed E-state index contributed by atoms with van der Waals surface area (Å²) in [6.07, 6.45) is 2.91. The lowest BCUT2D eigenvalue weighted by Gasteiger charge is -2.03. The molecule has 0 fully saturated rings. The van der Waals surface area contributed by atoms with Crippen LogP contribution < -0.4 is 0 Å². The van der Waals surface area contributed by atoms with Gasteiger partial charge in [-0.2, -0.15) is 0 Å². The Kier molecular flexibility index (Phi) is 5.15. The van der Waals surface area contributed by atoms with Crippen molar-refractivity contribution in [1.82, 2.24) is 0 Å². The van der Waals surface area contributed by atoms with Gasteiger partial charge in [0.25, 0.3) is 0 Å². The van der Waals surface area contributed by atoms with Gasteiger partial charge in [-0.3, -0.25) is 0 Å². The molecule has 0 amide bonds. The molecule has 0 saturated carbocycles. The van der Waals surface area contributed by atoms with Gasteiger partial charge in [-0.05, 0) is 25.0 Å². The summed E-state index contributed by atoms with van der Waals surface area (Å²) in [6.45, 7) is 0.377. The lowest BCUT2D eigenvalue weighted by atomic mass is 10.2. The van der Waals surface area contributed by atoms with Gasteiger partial charge in [0, 0.05) is 6.42 Å². The summed E-state index contributed by atoms with van der Waals surface area (Å²) >= 11 is 0. The van der Waals surface area contributed by atoms with Crippen LogP contribution in [0.25, 0.3) is 0 Å². The molecule has 0 spiro atoms. The Hall–Kier alpha value is -1.64. The molecule has 0 aliphatic heterocycles. The fourth-order valence-corrected chi connectivity index (χ4v) is 1.15. The molecular weight excluding hydrogens is 192 g/mol. The van der Waals surface area contributed by atoms with Crippen LogP contribution in [0, 0.1) is 0 Å². The van der Waals surface area contributed by atoms with Crippen molar-refractivity contribution < 1.29 is 14.3 Å². The topological polar surface area (TPSA) is 43.4 Å². The molecule has 1 aromatic rings. The number of rotatable bonds is 6. The second kappa shape index (κ2) is 6.76. The van der Waals surface area contributed by atoms with E-state index in [1.54, 1.807) is 24.3 Å². The molecule has 0 aromatic heterocycles. The van der Waals surface area contributed by atoms with E-state index in [0.717, 1.165) is 19.1 Å². The fourth-order valence-electron chi connectivity index (χ4n) is 1.15. The molecular formula is C12H14O3. The van der Waals surface area contributed by atoms with Gasteiger partial charge >= 0.3 is 5.97 Å². The van der Waals surface area contributed by atoms with Gasteiger partial charge in [0.2, 0.25) is 0 Å². The Balaban J connectivity index is 2.22. The predicted octanol–water partition coefficient (Wildman–Crippen LogP) is 2.21. The predicted molar refractivity (Wildman–Crippen MR) is 56.6 cm³/mol. The smallest absolute Gasteiger partial charge is 0.338 e. The van der Waals surface area contributed by atoms with Crippen LogP contribution in [0.4, 0.5) is 0 Å². The minimum atomic E-state index is -0.304. The minimum Gasteiger partial charge on any atom is -0.462 e. The molecule has 80 valence electrons. The molecule has 3 heteroatoms. The molecule has 0 N–H and O–H groups in total. The van der Waals surface area contributed by atoms with E-state index in [1.807, 2.05) is 6.07 Å². The maximum absolute atomic E-state index is 11.4. The summed E-state index contributed by atoms with van der Waals surface area (Å²) in [7, 11) is 0. The number of aldehydes is 1. The van der Waals surface area contributed by atoms with Gasteiger partial charge in [0.1, 0.15) is 6.29 Å². The van der Waals surface area contributed by atoms with E-state index in [4.69, 9.17) is 4.74 Å². The maximum Gasteiger partial charge on any atom is 0.338 e. The molecule has 0 saturated heterocycles. The normalized spacial score (nSPS) is 9.60. The highest BCUT2D eigenvalue weighted by Gasteiger charge is 2.04. The second-order valence-electron chi connectivity index (χ2n) is 3.16. The Morgan fingerprint density at radius 3 is 2.60 bits per heavy atom. The number of carbonyl (C=O) groups is 2. The minimum absolute atomic E-state index is 0.304. The molecule has 0 unspecified atom stereocenters. The van der Waals surface area contributed by atoms with Crippen molar-refractivity contribution in [2.24, 2.45) is 0 Å². The third-order valence-electron chi connectivity index (χ3n) is 1.96. The highest BCUT2D eigenvalue weighted by atomic mass is 16.5. The molecule has 1 rings (SSSR count). The van der Waals surface area contributed by atoms with Crippen LogP contribution in [-0.4, -0.2) is 18.9 Å². The fraction of sp³-hybridized carbons (Fsp3) is 0.333. The first kappa shape index (κ1) is 11.4. The molecule has 0 atom stereocenters. The highest BCUT2D eigenvalue weighted by Crippen LogP contribution is 2.02. The zero-order chi connectivity index (χ0) is 10.9. The zero-order valence-corrected chi connectivity index (χ0v) is 8.52. The average molecular weight is 206 g/mol. The number of hydrogen-bond acceptors (Lipinski definition) is 3. The van der Waals surface area contributed by atoms with Crippen molar-refractivity contribution in [3.8, 4) is 0 Å². The van der Waals surface area contributed by atoms with E-state index in [1.165, 1.54) is 0 Å². The van der Waals surface area contributed by atoms with Gasteiger partial charge in [0.15, 0.2) is 0 Å². The largest absolute Gasteiger partial charge is 0.462 e. The first-order valence-electron chi connectivity index (χ1n) is 5.00. The van der Waals surface area contributed by atoms with E-state index < -0.39 is 0 Å². The van der Waals surface area contributed by atoms with Crippen LogP contribution in [0.3, 0.4) is 0 Å². The van der Waals surface area contributed by atoms with Crippen molar-refractivity contribution in [3.63, 3.8) is 0 Å². The molecule has 15 heavy (non-hydrogen) atoms. The highest BCUT2D eigenvalue weighted by molar-refractivity contribution is 5.89. The Morgan fingerprint density at radius 1 is 1.20 bits per heavy atom. The van der Waals surface area contributed by atoms with Crippen LogP contribution in [0.2, 0.25) is 0 Å². The number of esters is 1. The molecule has 0 radical (unpaired) electrons. The lowest BCUT2D eigenvalue weighted by molar-refractivity contribution is -0.107. The summed E-state index contributed by atoms with van der Waals surface area (Å²) in [5.41, 5.74) is 0.563. The number of hydrogen-bond donors (Lipinski definition) is 0. The van der Waals surface area contributed by atoms with Crippen LogP contribution >= 0.6 is 0 Å². The average Bonchev–Trinajstić information content (AvgIpc) is 2.30. The van der Waals surface area contributed by atoms with Gasteiger partial charge in [-0.25, -0.2) is 4.79 Å². The van der Waals surface area contributed by atoms with Gasteiger partial charge in [-0.1, -0.05) is 18.2 Å². The lowest BCUT2D eigenvalue weighted by Crippen LogP contribution is -2.06. The van der Waals surface area contributed by atoms with Crippen molar-refractivity contribution in [1.29, 1.82) is 0 Å². The zero-order valence-electron chi connectivity index (χ0n) is 8.52. The monoisotopic (exact) mass is 206 g/mol. The molecule has 0 heterocycles. The van der Waals surface area contributed by atoms with Gasteiger partial charge in [0.05, 0.1) is 12.2 Å². The first-order chi connectivity index (χ1) is 7.34. The third-order valence-corrected chi connectivity index (χ3v) is 1.96. The Bertz CT molecular complexity index is 306.